The number of hydrogen-bond acceptors (Lipinski definition) is 3. The molecule has 6 nitrogen and oxygen atoms in total. The number of aryl methyl sites for hydroxylation is 1. The Bertz CT molecular complexity index is 663. The highest BCUT2D eigenvalue weighted by Gasteiger charge is 2.46. The molecule has 1 aliphatic rings. The topological polar surface area (TPSA) is 84.2 Å². The molecule has 1 aromatic rings. The van der Waals surface area contributed by atoms with Crippen LogP contribution in [0.1, 0.15) is 49.1 Å². The summed E-state index contributed by atoms with van der Waals surface area (Å²) in [5.41, 5.74) is -0.269. The molecule has 0 aliphatic heterocycles. The summed E-state index contributed by atoms with van der Waals surface area (Å²) in [5.74, 6) is -2.39. The minimum Gasteiger partial charge on any atom is -0.480 e. The molecule has 1 aromatic heterocycles. The molecule has 0 bridgehead atoms. The van der Waals surface area contributed by atoms with Gasteiger partial charge in [-0.3, -0.25) is 9.48 Å². The monoisotopic (exact) mass is 347 g/mol. The zero-order chi connectivity index (χ0) is 18.3. The van der Waals surface area contributed by atoms with Gasteiger partial charge in [0, 0.05) is 11.3 Å². The van der Waals surface area contributed by atoms with Gasteiger partial charge in [0.1, 0.15) is 12.1 Å². The van der Waals surface area contributed by atoms with E-state index in [1.807, 2.05) is 0 Å². The predicted octanol–water partition coefficient (Wildman–Crippen LogP) is 2.29. The molecular weight excluding hydrogens is 327 g/mol. The van der Waals surface area contributed by atoms with Gasteiger partial charge in [0.15, 0.2) is 0 Å². The molecule has 1 heterocycles. The third-order valence-corrected chi connectivity index (χ3v) is 4.57. The number of carboxylic acid groups (broad SMARTS) is 1. The zero-order valence-electron chi connectivity index (χ0n) is 13.7. The molecule has 1 saturated carbocycles. The number of alkyl halides is 3. The van der Waals surface area contributed by atoms with E-state index in [2.05, 4.69) is 10.4 Å². The molecule has 0 saturated heterocycles. The van der Waals surface area contributed by atoms with Crippen molar-refractivity contribution < 1.29 is 27.9 Å². The summed E-state index contributed by atoms with van der Waals surface area (Å²) in [6, 6.07) is 0. The second kappa shape index (κ2) is 6.10. The van der Waals surface area contributed by atoms with Gasteiger partial charge in [-0.25, -0.2) is 4.79 Å². The van der Waals surface area contributed by atoms with E-state index < -0.39 is 36.1 Å². The van der Waals surface area contributed by atoms with Crippen LogP contribution in [0, 0.1) is 13.8 Å². The van der Waals surface area contributed by atoms with Crippen LogP contribution in [0.15, 0.2) is 0 Å². The van der Waals surface area contributed by atoms with Crippen molar-refractivity contribution in [1.29, 1.82) is 0 Å². The van der Waals surface area contributed by atoms with E-state index >= 15 is 0 Å². The van der Waals surface area contributed by atoms with Crippen LogP contribution in [0.3, 0.4) is 0 Å². The zero-order valence-corrected chi connectivity index (χ0v) is 13.7. The van der Waals surface area contributed by atoms with Gasteiger partial charge >= 0.3 is 12.1 Å². The van der Waals surface area contributed by atoms with Gasteiger partial charge in [0.2, 0.25) is 5.91 Å². The molecule has 1 atom stereocenters. The maximum Gasteiger partial charge on any atom is 0.408 e. The molecule has 1 fully saturated rings. The lowest BCUT2D eigenvalue weighted by Gasteiger charge is -2.39. The van der Waals surface area contributed by atoms with Crippen LogP contribution in [-0.2, 0) is 16.1 Å². The molecule has 0 radical (unpaired) electrons. The number of halogens is 3. The number of aliphatic carboxylic acids is 1. The summed E-state index contributed by atoms with van der Waals surface area (Å²) in [7, 11) is 0. The smallest absolute Gasteiger partial charge is 0.408 e. The number of carbonyl (C=O) groups excluding carboxylic acids is 1. The van der Waals surface area contributed by atoms with Crippen molar-refractivity contribution in [3.8, 4) is 0 Å². The second-order valence-corrected chi connectivity index (χ2v) is 6.31. The van der Waals surface area contributed by atoms with Crippen molar-refractivity contribution in [2.75, 3.05) is 0 Å². The fraction of sp³-hybridized carbons (Fsp3) is 0.667. The van der Waals surface area contributed by atoms with Gasteiger partial charge in [-0.15, -0.1) is 0 Å². The maximum atomic E-state index is 12.6. The summed E-state index contributed by atoms with van der Waals surface area (Å²) in [6.07, 6.45) is -2.99. The number of amides is 1. The number of aromatic nitrogens is 2. The Morgan fingerprint density at radius 3 is 2.38 bits per heavy atom. The highest BCUT2D eigenvalue weighted by Crippen LogP contribution is 2.34. The number of carbonyl (C=O) groups is 2. The van der Waals surface area contributed by atoms with E-state index in [1.54, 1.807) is 6.92 Å². The van der Waals surface area contributed by atoms with Gasteiger partial charge in [-0.2, -0.15) is 18.3 Å². The number of rotatable bonds is 5. The van der Waals surface area contributed by atoms with Crippen LogP contribution in [0.25, 0.3) is 0 Å². The van der Waals surface area contributed by atoms with Crippen LogP contribution < -0.4 is 5.32 Å². The fourth-order valence-corrected chi connectivity index (χ4v) is 3.06. The van der Waals surface area contributed by atoms with Crippen molar-refractivity contribution in [3.05, 3.63) is 17.0 Å². The van der Waals surface area contributed by atoms with Gasteiger partial charge in [-0.05, 0) is 40.0 Å². The first-order valence-electron chi connectivity index (χ1n) is 7.63. The molecule has 1 unspecified atom stereocenters. The predicted molar refractivity (Wildman–Crippen MR) is 78.5 cm³/mol. The first kappa shape index (κ1) is 18.3. The second-order valence-electron chi connectivity index (χ2n) is 6.31. The van der Waals surface area contributed by atoms with Crippen molar-refractivity contribution in [3.63, 3.8) is 0 Å². The number of nitrogens with one attached hydrogen (secondary N) is 1. The lowest BCUT2D eigenvalue weighted by atomic mass is 9.76. The van der Waals surface area contributed by atoms with Gasteiger partial charge in [-0.1, -0.05) is 0 Å². The quantitative estimate of drug-likeness (QED) is 0.856. The van der Waals surface area contributed by atoms with Crippen LogP contribution in [0.4, 0.5) is 13.2 Å². The van der Waals surface area contributed by atoms with Crippen molar-refractivity contribution in [1.82, 2.24) is 15.1 Å². The summed E-state index contributed by atoms with van der Waals surface area (Å²) in [5, 5.41) is 15.7. The highest BCUT2D eigenvalue weighted by molar-refractivity contribution is 5.91. The molecular formula is C15H20F3N3O3. The Kier molecular flexibility index (Phi) is 4.65. The third kappa shape index (κ3) is 3.39. The Balaban J connectivity index is 2.22. The summed E-state index contributed by atoms with van der Waals surface area (Å²) in [4.78, 5) is 23.8. The highest BCUT2D eigenvalue weighted by atomic mass is 19.4. The largest absolute Gasteiger partial charge is 0.480 e. The molecule has 2 rings (SSSR count). The fourth-order valence-electron chi connectivity index (χ4n) is 3.06. The van der Waals surface area contributed by atoms with Crippen molar-refractivity contribution >= 4 is 11.9 Å². The minimum absolute atomic E-state index is 0.255. The summed E-state index contributed by atoms with van der Waals surface area (Å²) in [6.45, 7) is 3.32. The molecule has 2 N–H and O–H groups in total. The standard InChI is InChI=1S/C15H20F3N3O3/c1-8(12(22)19-14(13(23)24)5-4-6-14)11-9(2)20-21(10(11)3)7-15(16,17)18/h8H,4-7H2,1-3H3,(H,19,22)(H,23,24). The van der Waals surface area contributed by atoms with Crippen LogP contribution in [0.5, 0.6) is 0 Å². The van der Waals surface area contributed by atoms with E-state index in [-0.39, 0.29) is 5.69 Å². The Hall–Kier alpha value is -2.06. The van der Waals surface area contributed by atoms with E-state index in [4.69, 9.17) is 0 Å². The molecule has 0 aromatic carbocycles. The third-order valence-electron chi connectivity index (χ3n) is 4.57. The number of hydrogen-bond donors (Lipinski definition) is 2. The number of carboxylic acids is 1. The van der Waals surface area contributed by atoms with E-state index in [1.165, 1.54) is 13.8 Å². The number of nitrogens with zero attached hydrogens (tertiary/aromatic N) is 2. The van der Waals surface area contributed by atoms with Crippen LogP contribution >= 0.6 is 0 Å². The minimum atomic E-state index is -4.41. The molecule has 0 spiro atoms. The van der Waals surface area contributed by atoms with E-state index in [0.29, 0.717) is 30.5 Å². The van der Waals surface area contributed by atoms with Crippen molar-refractivity contribution in [2.45, 2.75) is 64.2 Å². The van der Waals surface area contributed by atoms with Gasteiger partial charge < -0.3 is 10.4 Å². The Morgan fingerprint density at radius 1 is 1.38 bits per heavy atom. The van der Waals surface area contributed by atoms with Crippen LogP contribution in [-0.4, -0.2) is 38.5 Å². The molecule has 134 valence electrons. The Morgan fingerprint density at radius 2 is 1.96 bits per heavy atom. The molecule has 1 amide bonds. The Labute approximate surface area is 137 Å². The molecule has 24 heavy (non-hydrogen) atoms. The van der Waals surface area contributed by atoms with E-state index in [0.717, 1.165) is 4.68 Å². The first-order valence-corrected chi connectivity index (χ1v) is 7.63. The summed E-state index contributed by atoms with van der Waals surface area (Å²) >= 11 is 0. The lowest BCUT2D eigenvalue weighted by Crippen LogP contribution is -2.59. The molecule has 1 aliphatic carbocycles. The average molecular weight is 347 g/mol. The maximum absolute atomic E-state index is 12.6. The average Bonchev–Trinajstić information content (AvgIpc) is 2.65. The summed E-state index contributed by atoms with van der Waals surface area (Å²) < 4.78 is 38.6. The van der Waals surface area contributed by atoms with Gasteiger partial charge in [0.25, 0.3) is 0 Å². The van der Waals surface area contributed by atoms with Gasteiger partial charge in [0.05, 0.1) is 11.6 Å². The molecule has 9 heteroatoms. The normalized spacial score (nSPS) is 17.9. The first-order chi connectivity index (χ1) is 11.0. The lowest BCUT2D eigenvalue weighted by molar-refractivity contribution is -0.152. The van der Waals surface area contributed by atoms with Crippen LogP contribution in [0.2, 0.25) is 0 Å². The van der Waals surface area contributed by atoms with Crippen molar-refractivity contribution in [2.24, 2.45) is 0 Å². The van der Waals surface area contributed by atoms with E-state index in [9.17, 15) is 27.9 Å². The SMILES string of the molecule is Cc1nn(CC(F)(F)F)c(C)c1C(C)C(=O)NC1(C(=O)O)CCC1.